The second kappa shape index (κ2) is 3.49. The van der Waals surface area contributed by atoms with Gasteiger partial charge in [0, 0.05) is 11.9 Å². The van der Waals surface area contributed by atoms with Gasteiger partial charge in [-0.3, -0.25) is 4.98 Å². The van der Waals surface area contributed by atoms with Crippen LogP contribution < -0.4 is 0 Å². The fraction of sp³-hybridized carbons (Fsp3) is 0.333. The zero-order chi connectivity index (χ0) is 8.27. The molecule has 1 N–H and O–H groups in total. The van der Waals surface area contributed by atoms with Crippen LogP contribution >= 0.6 is 0 Å². The molecule has 2 heteroatoms. The number of aliphatic hydroxyl groups excluding tert-OH is 1. The molecule has 1 atom stereocenters. The van der Waals surface area contributed by atoms with Crippen molar-refractivity contribution in [3.8, 4) is 0 Å². The Morgan fingerprint density at radius 1 is 1.64 bits per heavy atom. The van der Waals surface area contributed by atoms with Crippen LogP contribution in [0.2, 0.25) is 0 Å². The van der Waals surface area contributed by atoms with Crippen LogP contribution in [-0.2, 0) is 0 Å². The number of aromatic nitrogens is 1. The predicted octanol–water partition coefficient (Wildman–Crippen LogP) is 1.65. The van der Waals surface area contributed by atoms with Gasteiger partial charge < -0.3 is 5.11 Å². The van der Waals surface area contributed by atoms with E-state index in [2.05, 4.69) is 11.9 Å². The maximum absolute atomic E-state index is 9.32. The van der Waals surface area contributed by atoms with Crippen LogP contribution in [0.1, 0.15) is 23.8 Å². The van der Waals surface area contributed by atoms with Crippen LogP contribution in [0.3, 0.4) is 0 Å². The van der Waals surface area contributed by atoms with E-state index >= 15 is 0 Å². The molecule has 0 amide bonds. The molecular weight excluding hydrogens is 138 g/mol. The molecule has 0 aromatic carbocycles. The van der Waals surface area contributed by atoms with Gasteiger partial charge in [-0.1, -0.05) is 13.0 Å². The van der Waals surface area contributed by atoms with Gasteiger partial charge in [0.1, 0.15) is 0 Å². The second-order valence-corrected chi connectivity index (χ2v) is 2.54. The lowest BCUT2D eigenvalue weighted by Crippen LogP contribution is -1.95. The van der Waals surface area contributed by atoms with Gasteiger partial charge in [-0.15, -0.1) is 0 Å². The highest BCUT2D eigenvalue weighted by molar-refractivity contribution is 5.15. The van der Waals surface area contributed by atoms with E-state index in [-0.39, 0.29) is 0 Å². The lowest BCUT2D eigenvalue weighted by molar-refractivity contribution is 0.180. The minimum atomic E-state index is -0.469. The molecule has 0 spiro atoms. The fourth-order valence-electron chi connectivity index (χ4n) is 0.843. The quantitative estimate of drug-likeness (QED) is 0.695. The van der Waals surface area contributed by atoms with Crippen LogP contribution in [0.4, 0.5) is 0 Å². The molecular formula is C9H12NO. The Morgan fingerprint density at radius 3 is 2.82 bits per heavy atom. The lowest BCUT2D eigenvalue weighted by Gasteiger charge is -2.06. The molecule has 0 aliphatic heterocycles. The van der Waals surface area contributed by atoms with Crippen molar-refractivity contribution < 1.29 is 5.11 Å². The van der Waals surface area contributed by atoms with Crippen molar-refractivity contribution in [3.05, 3.63) is 36.5 Å². The summed E-state index contributed by atoms with van der Waals surface area (Å²) in [6, 6.07) is 3.76. The summed E-state index contributed by atoms with van der Waals surface area (Å²) in [4.78, 5) is 4.06. The van der Waals surface area contributed by atoms with E-state index in [1.807, 2.05) is 19.1 Å². The smallest absolute Gasteiger partial charge is 0.0804 e. The Kier molecular flexibility index (Phi) is 2.60. The Balaban J connectivity index is 2.81. The van der Waals surface area contributed by atoms with E-state index < -0.39 is 6.10 Å². The predicted molar refractivity (Wildman–Crippen MR) is 43.9 cm³/mol. The van der Waals surface area contributed by atoms with Gasteiger partial charge in [0.05, 0.1) is 6.10 Å². The van der Waals surface area contributed by atoms with Crippen molar-refractivity contribution in [3.63, 3.8) is 0 Å². The minimum Gasteiger partial charge on any atom is -0.388 e. The monoisotopic (exact) mass is 150 g/mol. The van der Waals surface area contributed by atoms with Gasteiger partial charge in [-0.05, 0) is 25.0 Å². The molecule has 0 saturated carbocycles. The maximum Gasteiger partial charge on any atom is 0.0804 e. The van der Waals surface area contributed by atoms with Crippen LogP contribution in [0.5, 0.6) is 0 Å². The standard InChI is InChI=1S/C9H12NO/c1-3-9(11)8-5-4-7(2)10-6-8/h4-6,9,11H,1,3H2,2H3. The van der Waals surface area contributed by atoms with E-state index in [9.17, 15) is 5.11 Å². The number of nitrogens with zero attached hydrogens (tertiary/aromatic N) is 1. The molecule has 1 heterocycles. The number of rotatable bonds is 2. The van der Waals surface area contributed by atoms with E-state index in [1.165, 1.54) is 0 Å². The first-order valence-corrected chi connectivity index (χ1v) is 3.64. The summed E-state index contributed by atoms with van der Waals surface area (Å²) in [6.07, 6.45) is 1.71. The highest BCUT2D eigenvalue weighted by Gasteiger charge is 2.02. The average Bonchev–Trinajstić information content (AvgIpc) is 2.05. The first kappa shape index (κ1) is 8.21. The molecule has 11 heavy (non-hydrogen) atoms. The topological polar surface area (TPSA) is 33.1 Å². The summed E-state index contributed by atoms with van der Waals surface area (Å²) < 4.78 is 0. The minimum absolute atomic E-state index is 0.469. The number of pyridine rings is 1. The highest BCUT2D eigenvalue weighted by atomic mass is 16.3. The Hall–Kier alpha value is -0.890. The molecule has 1 rings (SSSR count). The molecule has 59 valence electrons. The average molecular weight is 150 g/mol. The van der Waals surface area contributed by atoms with E-state index in [0.717, 1.165) is 11.3 Å². The molecule has 1 aromatic heterocycles. The summed E-state index contributed by atoms with van der Waals surface area (Å²) in [7, 11) is 0. The highest BCUT2D eigenvalue weighted by Crippen LogP contribution is 2.13. The fourth-order valence-corrected chi connectivity index (χ4v) is 0.843. The number of aryl methyl sites for hydroxylation is 1. The third-order valence-electron chi connectivity index (χ3n) is 1.59. The van der Waals surface area contributed by atoms with Crippen LogP contribution in [0, 0.1) is 13.8 Å². The van der Waals surface area contributed by atoms with E-state index in [4.69, 9.17) is 0 Å². The SMILES string of the molecule is [CH2]CC(O)c1ccc(C)nc1. The first-order valence-electron chi connectivity index (χ1n) is 3.64. The first-order chi connectivity index (χ1) is 5.24. The van der Waals surface area contributed by atoms with Crippen molar-refractivity contribution in [2.24, 2.45) is 0 Å². The van der Waals surface area contributed by atoms with Gasteiger partial charge in [-0.25, -0.2) is 0 Å². The number of hydrogen-bond acceptors (Lipinski definition) is 2. The van der Waals surface area contributed by atoms with E-state index in [1.54, 1.807) is 6.20 Å². The summed E-state index contributed by atoms with van der Waals surface area (Å²) in [6.45, 7) is 5.52. The maximum atomic E-state index is 9.32. The summed E-state index contributed by atoms with van der Waals surface area (Å²) in [5, 5.41) is 9.32. The molecule has 1 unspecified atom stereocenters. The summed E-state index contributed by atoms with van der Waals surface area (Å²) >= 11 is 0. The molecule has 0 bridgehead atoms. The Bertz CT molecular complexity index is 218. The Labute approximate surface area is 66.9 Å². The van der Waals surface area contributed by atoms with Gasteiger partial charge in [0.25, 0.3) is 0 Å². The number of hydrogen-bond donors (Lipinski definition) is 1. The molecule has 0 fully saturated rings. The third kappa shape index (κ3) is 2.02. The van der Waals surface area contributed by atoms with Gasteiger partial charge in [-0.2, -0.15) is 0 Å². The van der Waals surface area contributed by atoms with E-state index in [0.29, 0.717) is 6.42 Å². The zero-order valence-electron chi connectivity index (χ0n) is 6.62. The van der Waals surface area contributed by atoms with Crippen molar-refractivity contribution >= 4 is 0 Å². The van der Waals surface area contributed by atoms with Crippen LogP contribution in [0.25, 0.3) is 0 Å². The summed E-state index contributed by atoms with van der Waals surface area (Å²) in [5.41, 5.74) is 1.80. The largest absolute Gasteiger partial charge is 0.388 e. The molecule has 0 aliphatic rings. The van der Waals surface area contributed by atoms with Gasteiger partial charge >= 0.3 is 0 Å². The van der Waals surface area contributed by atoms with Crippen molar-refractivity contribution in [2.75, 3.05) is 0 Å². The van der Waals surface area contributed by atoms with Gasteiger partial charge in [0.2, 0.25) is 0 Å². The normalized spacial score (nSPS) is 13.0. The molecule has 0 saturated heterocycles. The van der Waals surface area contributed by atoms with Crippen molar-refractivity contribution in [2.45, 2.75) is 19.4 Å². The van der Waals surface area contributed by atoms with Crippen LogP contribution in [0.15, 0.2) is 18.3 Å². The number of aliphatic hydroxyl groups is 1. The zero-order valence-corrected chi connectivity index (χ0v) is 6.62. The Morgan fingerprint density at radius 2 is 2.36 bits per heavy atom. The van der Waals surface area contributed by atoms with Crippen LogP contribution in [-0.4, -0.2) is 10.1 Å². The second-order valence-electron chi connectivity index (χ2n) is 2.54. The third-order valence-corrected chi connectivity index (χ3v) is 1.59. The molecule has 1 aromatic rings. The van der Waals surface area contributed by atoms with Gasteiger partial charge in [0.15, 0.2) is 0 Å². The van der Waals surface area contributed by atoms with Crippen molar-refractivity contribution in [1.82, 2.24) is 4.98 Å². The van der Waals surface area contributed by atoms with Crippen molar-refractivity contribution in [1.29, 1.82) is 0 Å². The molecule has 2 nitrogen and oxygen atoms in total. The summed E-state index contributed by atoms with van der Waals surface area (Å²) in [5.74, 6) is 0. The molecule has 1 radical (unpaired) electrons. The molecule has 0 aliphatic carbocycles. The lowest BCUT2D eigenvalue weighted by atomic mass is 10.1.